The minimum absolute atomic E-state index is 0.232. The van der Waals surface area contributed by atoms with E-state index in [2.05, 4.69) is 17.6 Å². The third kappa shape index (κ3) is 7.32. The lowest BCUT2D eigenvalue weighted by Crippen LogP contribution is -2.25. The minimum atomic E-state index is -1.51. The number of fused-ring (bicyclic) bond motifs is 1. The fourth-order valence-electron chi connectivity index (χ4n) is 4.82. The molecule has 234 valence electrons. The standard InChI is InChI=1S/C30H28Cl4N2O6S2/c1-4-17(26(37)36-28-19(30(41)42-5-2)16-10-9-13(3)11-18(16)44-28)43-15-8-6-7-14(12-15)35-27(38)20-21(29(39)40)23(32)25(34)24(33)22(20)31/h6-8,12-13,17H,4-5,9-11H2,1-3H3,(H,35,38)(H,36,37)(H,39,40). The van der Waals surface area contributed by atoms with E-state index in [9.17, 15) is 24.3 Å². The van der Waals surface area contributed by atoms with Crippen LogP contribution >= 0.6 is 69.5 Å². The Morgan fingerprint density at radius 1 is 1.02 bits per heavy atom. The minimum Gasteiger partial charge on any atom is -0.478 e. The van der Waals surface area contributed by atoms with Gasteiger partial charge >= 0.3 is 11.9 Å². The fourth-order valence-corrected chi connectivity index (χ4v) is 8.26. The van der Waals surface area contributed by atoms with Crippen LogP contribution < -0.4 is 10.6 Å². The number of amides is 2. The van der Waals surface area contributed by atoms with E-state index >= 15 is 0 Å². The topological polar surface area (TPSA) is 122 Å². The predicted molar refractivity (Wildman–Crippen MR) is 178 cm³/mol. The molecular formula is C30H28Cl4N2O6S2. The summed E-state index contributed by atoms with van der Waals surface area (Å²) in [5.41, 5.74) is 0.699. The number of anilines is 2. The lowest BCUT2D eigenvalue weighted by atomic mass is 9.88. The Hall–Kier alpha value is -2.47. The number of hydrogen-bond acceptors (Lipinski definition) is 7. The summed E-state index contributed by atoms with van der Waals surface area (Å²) in [6.07, 6.45) is 3.05. The van der Waals surface area contributed by atoms with Crippen molar-refractivity contribution < 1.29 is 29.0 Å². The second-order valence-corrected chi connectivity index (χ2v) is 14.0. The molecule has 3 N–H and O–H groups in total. The average molecular weight is 719 g/mol. The van der Waals surface area contributed by atoms with Crippen LogP contribution in [0.15, 0.2) is 29.2 Å². The molecule has 2 amide bonds. The monoisotopic (exact) mass is 716 g/mol. The van der Waals surface area contributed by atoms with E-state index < -0.39 is 39.2 Å². The first-order valence-electron chi connectivity index (χ1n) is 13.7. The quantitative estimate of drug-likeness (QED) is 0.0828. The normalized spacial score (nSPS) is 14.8. The van der Waals surface area contributed by atoms with Gasteiger partial charge in [-0.1, -0.05) is 66.3 Å². The molecule has 8 nitrogen and oxygen atoms in total. The first-order chi connectivity index (χ1) is 20.9. The van der Waals surface area contributed by atoms with Crippen LogP contribution in [-0.2, 0) is 22.4 Å². The van der Waals surface area contributed by atoms with Crippen LogP contribution in [0, 0.1) is 5.92 Å². The number of nitrogens with one attached hydrogen (secondary N) is 2. The van der Waals surface area contributed by atoms with Crippen LogP contribution in [-0.4, -0.2) is 40.7 Å². The van der Waals surface area contributed by atoms with Crippen LogP contribution in [0.2, 0.25) is 20.1 Å². The third-order valence-corrected chi connectivity index (χ3v) is 11.3. The number of ether oxygens (including phenoxy) is 1. The van der Waals surface area contributed by atoms with Crippen LogP contribution in [0.4, 0.5) is 10.7 Å². The second-order valence-electron chi connectivity index (χ2n) is 10.1. The van der Waals surface area contributed by atoms with Crippen molar-refractivity contribution in [2.75, 3.05) is 17.2 Å². The Labute approximate surface area is 282 Å². The summed E-state index contributed by atoms with van der Waals surface area (Å²) in [5.74, 6) is -2.58. The average Bonchev–Trinajstić information content (AvgIpc) is 3.33. The summed E-state index contributed by atoms with van der Waals surface area (Å²) in [6, 6.07) is 6.69. The predicted octanol–water partition coefficient (Wildman–Crippen LogP) is 9.12. The SMILES string of the molecule is CCOC(=O)c1c(NC(=O)C(CC)Sc2cccc(NC(=O)c3c(Cl)c(Cl)c(Cl)c(Cl)c3C(=O)O)c2)sc2c1CCC(C)C2. The van der Waals surface area contributed by atoms with Crippen molar-refractivity contribution in [2.24, 2.45) is 5.92 Å². The molecule has 0 spiro atoms. The highest BCUT2D eigenvalue weighted by Crippen LogP contribution is 2.43. The molecule has 0 bridgehead atoms. The largest absolute Gasteiger partial charge is 0.478 e. The maximum atomic E-state index is 13.5. The van der Waals surface area contributed by atoms with Crippen LogP contribution in [0.5, 0.6) is 0 Å². The fraction of sp³-hybridized carbons (Fsp3) is 0.333. The molecule has 0 saturated carbocycles. The van der Waals surface area contributed by atoms with E-state index in [1.807, 2.05) is 6.92 Å². The number of aromatic carboxylic acids is 1. The Morgan fingerprint density at radius 3 is 2.34 bits per heavy atom. The Bertz CT molecular complexity index is 1640. The van der Waals surface area contributed by atoms with Crippen LogP contribution in [0.1, 0.15) is 75.1 Å². The molecule has 1 aromatic heterocycles. The lowest BCUT2D eigenvalue weighted by molar-refractivity contribution is -0.115. The van der Waals surface area contributed by atoms with Gasteiger partial charge in [0.15, 0.2) is 0 Å². The highest BCUT2D eigenvalue weighted by molar-refractivity contribution is 8.00. The molecule has 14 heteroatoms. The molecule has 4 rings (SSSR count). The highest BCUT2D eigenvalue weighted by atomic mass is 35.5. The number of thioether (sulfide) groups is 1. The van der Waals surface area contributed by atoms with Gasteiger partial charge in [0.25, 0.3) is 5.91 Å². The molecule has 1 aliphatic carbocycles. The van der Waals surface area contributed by atoms with Crippen molar-refractivity contribution in [1.29, 1.82) is 0 Å². The number of carbonyl (C=O) groups is 4. The van der Waals surface area contributed by atoms with E-state index in [0.29, 0.717) is 33.5 Å². The molecule has 0 fully saturated rings. The van der Waals surface area contributed by atoms with Crippen molar-refractivity contribution in [3.8, 4) is 0 Å². The number of rotatable bonds is 10. The van der Waals surface area contributed by atoms with Crippen molar-refractivity contribution >= 4 is 104 Å². The Balaban J connectivity index is 1.55. The highest BCUT2D eigenvalue weighted by Gasteiger charge is 2.31. The zero-order valence-corrected chi connectivity index (χ0v) is 28.5. The molecule has 1 aliphatic rings. The number of carboxylic acid groups (broad SMARTS) is 1. The summed E-state index contributed by atoms with van der Waals surface area (Å²) in [5, 5.41) is 14.0. The van der Waals surface area contributed by atoms with E-state index in [0.717, 1.165) is 29.7 Å². The maximum Gasteiger partial charge on any atom is 0.341 e. The van der Waals surface area contributed by atoms with Gasteiger partial charge in [-0.2, -0.15) is 0 Å². The molecule has 0 aliphatic heterocycles. The summed E-state index contributed by atoms with van der Waals surface area (Å²) in [6.45, 7) is 6.02. The summed E-state index contributed by atoms with van der Waals surface area (Å²) in [4.78, 5) is 53.2. The summed E-state index contributed by atoms with van der Waals surface area (Å²) < 4.78 is 5.32. The molecule has 2 aromatic carbocycles. The number of hydrogen-bond donors (Lipinski definition) is 3. The second kappa shape index (κ2) is 14.7. The van der Waals surface area contributed by atoms with E-state index in [4.69, 9.17) is 51.1 Å². The smallest absolute Gasteiger partial charge is 0.341 e. The number of carboxylic acids is 1. The van der Waals surface area contributed by atoms with Gasteiger partial charge in [0, 0.05) is 15.5 Å². The van der Waals surface area contributed by atoms with Gasteiger partial charge in [-0.25, -0.2) is 9.59 Å². The van der Waals surface area contributed by atoms with E-state index in [-0.39, 0.29) is 27.6 Å². The van der Waals surface area contributed by atoms with E-state index in [1.54, 1.807) is 31.2 Å². The van der Waals surface area contributed by atoms with Crippen LogP contribution in [0.3, 0.4) is 0 Å². The van der Waals surface area contributed by atoms with Crippen LogP contribution in [0.25, 0.3) is 0 Å². The van der Waals surface area contributed by atoms with Gasteiger partial charge in [-0.05, 0) is 62.3 Å². The zero-order chi connectivity index (χ0) is 32.3. The van der Waals surface area contributed by atoms with Gasteiger partial charge in [-0.3, -0.25) is 9.59 Å². The summed E-state index contributed by atoms with van der Waals surface area (Å²) in [7, 11) is 0. The van der Waals surface area contributed by atoms with Crippen molar-refractivity contribution in [3.63, 3.8) is 0 Å². The maximum absolute atomic E-state index is 13.5. The number of esters is 1. The number of halogens is 4. The van der Waals surface area contributed by atoms with Gasteiger partial charge in [0.2, 0.25) is 5.91 Å². The van der Waals surface area contributed by atoms with Crippen molar-refractivity contribution in [2.45, 2.75) is 56.6 Å². The third-order valence-electron chi connectivity index (χ3n) is 6.97. The first kappa shape index (κ1) is 34.4. The molecular weight excluding hydrogens is 690 g/mol. The summed E-state index contributed by atoms with van der Waals surface area (Å²) >= 11 is 27.1. The number of carbonyl (C=O) groups excluding carboxylic acids is 3. The van der Waals surface area contributed by atoms with Gasteiger partial charge < -0.3 is 20.5 Å². The Morgan fingerprint density at radius 2 is 1.70 bits per heavy atom. The van der Waals surface area contributed by atoms with Gasteiger partial charge in [0.05, 0.1) is 48.6 Å². The molecule has 2 atom stereocenters. The molecule has 44 heavy (non-hydrogen) atoms. The molecule has 0 saturated heterocycles. The first-order valence-corrected chi connectivity index (χ1v) is 16.9. The van der Waals surface area contributed by atoms with E-state index in [1.165, 1.54) is 23.1 Å². The van der Waals surface area contributed by atoms with Crippen molar-refractivity contribution in [3.05, 3.63) is 71.5 Å². The van der Waals surface area contributed by atoms with Gasteiger partial charge in [-0.15, -0.1) is 23.1 Å². The lowest BCUT2D eigenvalue weighted by Gasteiger charge is -2.18. The molecule has 2 unspecified atom stereocenters. The van der Waals surface area contributed by atoms with Crippen molar-refractivity contribution in [1.82, 2.24) is 0 Å². The Kier molecular flexibility index (Phi) is 11.5. The zero-order valence-electron chi connectivity index (χ0n) is 23.8. The molecule has 1 heterocycles. The molecule has 0 radical (unpaired) electrons. The molecule has 3 aromatic rings. The number of benzene rings is 2. The number of thiophene rings is 1. The van der Waals surface area contributed by atoms with Gasteiger partial charge in [0.1, 0.15) is 5.00 Å².